The molecule has 0 spiro atoms. The summed E-state index contributed by atoms with van der Waals surface area (Å²) in [7, 11) is 2.38. The molecule has 0 amide bonds. The van der Waals surface area contributed by atoms with E-state index in [0.29, 0.717) is 23.1 Å². The first kappa shape index (κ1) is 23.3. The SMILES string of the molecule is CCC(C)C(C)=Nc1c(C2CC2)ccc(C(OC(P)C(C)C)C(F)(F)F)c1C. The number of hydrogen-bond donors (Lipinski definition) is 0. The van der Waals surface area contributed by atoms with Crippen LogP contribution in [0.1, 0.15) is 82.6 Å². The molecule has 1 aromatic rings. The molecule has 0 N–H and O–H groups in total. The maximum absolute atomic E-state index is 13.9. The first-order valence-corrected chi connectivity index (χ1v) is 10.8. The second-order valence-corrected chi connectivity index (χ2v) is 8.98. The van der Waals surface area contributed by atoms with E-state index < -0.39 is 18.1 Å². The summed E-state index contributed by atoms with van der Waals surface area (Å²) in [4.78, 5) is 4.82. The van der Waals surface area contributed by atoms with Crippen LogP contribution in [0.4, 0.5) is 18.9 Å². The van der Waals surface area contributed by atoms with Gasteiger partial charge in [-0.15, -0.1) is 9.24 Å². The van der Waals surface area contributed by atoms with Crippen molar-refractivity contribution in [2.24, 2.45) is 16.8 Å². The van der Waals surface area contributed by atoms with Gasteiger partial charge in [0.15, 0.2) is 6.10 Å². The van der Waals surface area contributed by atoms with Crippen LogP contribution in [0.5, 0.6) is 0 Å². The van der Waals surface area contributed by atoms with Gasteiger partial charge >= 0.3 is 6.18 Å². The van der Waals surface area contributed by atoms with Crippen LogP contribution in [-0.4, -0.2) is 17.7 Å². The van der Waals surface area contributed by atoms with Crippen molar-refractivity contribution in [3.8, 4) is 0 Å². The topological polar surface area (TPSA) is 21.6 Å². The van der Waals surface area contributed by atoms with Crippen LogP contribution in [0.15, 0.2) is 17.1 Å². The highest BCUT2D eigenvalue weighted by atomic mass is 31.0. The zero-order chi connectivity index (χ0) is 21.2. The van der Waals surface area contributed by atoms with Gasteiger partial charge in [0.1, 0.15) is 0 Å². The Morgan fingerprint density at radius 3 is 2.32 bits per heavy atom. The Balaban J connectivity index is 2.56. The second-order valence-electron chi connectivity index (χ2n) is 8.32. The molecule has 0 bridgehead atoms. The molecule has 1 aromatic carbocycles. The second kappa shape index (κ2) is 9.26. The van der Waals surface area contributed by atoms with Gasteiger partial charge in [-0.1, -0.05) is 39.8 Å². The summed E-state index contributed by atoms with van der Waals surface area (Å²) in [5, 5.41) is 0. The van der Waals surface area contributed by atoms with Crippen molar-refractivity contribution in [2.45, 2.75) is 84.8 Å². The molecular formula is C22H33F3NOP. The normalized spacial score (nSPS) is 19.0. The molecule has 2 nitrogen and oxygen atoms in total. The molecule has 28 heavy (non-hydrogen) atoms. The Morgan fingerprint density at radius 2 is 1.86 bits per heavy atom. The molecule has 0 aromatic heterocycles. The van der Waals surface area contributed by atoms with Crippen LogP contribution in [-0.2, 0) is 4.74 Å². The highest BCUT2D eigenvalue weighted by molar-refractivity contribution is 7.17. The molecule has 0 radical (unpaired) electrons. The van der Waals surface area contributed by atoms with Gasteiger partial charge < -0.3 is 4.74 Å². The third-order valence-electron chi connectivity index (χ3n) is 5.67. The van der Waals surface area contributed by atoms with Crippen molar-refractivity contribution < 1.29 is 17.9 Å². The standard InChI is InChI=1S/C22H33F3NOP/c1-7-13(4)15(6)26-19-14(5)17(10-11-18(19)16-8-9-16)20(22(23,24)25)27-21(28)12(2)3/h10-13,16,20-21H,7-9,28H2,1-6H3. The van der Waals surface area contributed by atoms with Gasteiger partial charge in [-0.05, 0) is 67.6 Å². The summed E-state index contributed by atoms with van der Waals surface area (Å²) in [6.07, 6.45) is -3.34. The van der Waals surface area contributed by atoms with Gasteiger partial charge in [0.05, 0.1) is 11.5 Å². The van der Waals surface area contributed by atoms with E-state index in [1.165, 1.54) is 0 Å². The lowest BCUT2D eigenvalue weighted by Crippen LogP contribution is -2.28. The summed E-state index contributed by atoms with van der Waals surface area (Å²) < 4.78 is 47.1. The highest BCUT2D eigenvalue weighted by Crippen LogP contribution is 2.49. The minimum atomic E-state index is -4.48. The van der Waals surface area contributed by atoms with Gasteiger partial charge in [-0.3, -0.25) is 4.99 Å². The van der Waals surface area contributed by atoms with Crippen LogP contribution in [0.2, 0.25) is 0 Å². The van der Waals surface area contributed by atoms with Gasteiger partial charge in [0.25, 0.3) is 0 Å². The molecule has 0 saturated heterocycles. The highest BCUT2D eigenvalue weighted by Gasteiger charge is 2.44. The fourth-order valence-electron chi connectivity index (χ4n) is 3.12. The number of rotatable bonds is 8. The average Bonchev–Trinajstić information content (AvgIpc) is 3.44. The molecule has 1 aliphatic carbocycles. The molecule has 4 unspecified atom stereocenters. The van der Waals surface area contributed by atoms with Crippen molar-refractivity contribution >= 4 is 20.6 Å². The van der Waals surface area contributed by atoms with Gasteiger partial charge in [-0.25, -0.2) is 0 Å². The van der Waals surface area contributed by atoms with E-state index in [-0.39, 0.29) is 11.5 Å². The van der Waals surface area contributed by atoms with Crippen molar-refractivity contribution in [1.82, 2.24) is 0 Å². The lowest BCUT2D eigenvalue weighted by atomic mass is 9.95. The lowest BCUT2D eigenvalue weighted by molar-refractivity contribution is -0.230. The number of halogens is 3. The van der Waals surface area contributed by atoms with Crippen molar-refractivity contribution in [1.29, 1.82) is 0 Å². The number of ether oxygens (including phenoxy) is 1. The zero-order valence-electron chi connectivity index (χ0n) is 17.7. The Kier molecular flexibility index (Phi) is 7.72. The van der Waals surface area contributed by atoms with Gasteiger partial charge in [0.2, 0.25) is 0 Å². The molecule has 1 saturated carbocycles. The molecule has 1 fully saturated rings. The number of nitrogens with zero attached hydrogens (tertiary/aromatic N) is 1. The smallest absolute Gasteiger partial charge is 0.357 e. The molecule has 1 aliphatic rings. The minimum Gasteiger partial charge on any atom is -0.357 e. The van der Waals surface area contributed by atoms with Gasteiger partial charge in [0, 0.05) is 5.71 Å². The summed E-state index contributed by atoms with van der Waals surface area (Å²) in [5.74, 6) is 0.0859. The third-order valence-corrected chi connectivity index (χ3v) is 6.59. The van der Waals surface area contributed by atoms with E-state index in [2.05, 4.69) is 23.1 Å². The fraction of sp³-hybridized carbons (Fsp3) is 0.682. The quantitative estimate of drug-likeness (QED) is 0.318. The van der Waals surface area contributed by atoms with E-state index in [1.807, 2.05) is 26.8 Å². The van der Waals surface area contributed by atoms with Crippen LogP contribution < -0.4 is 0 Å². The first-order chi connectivity index (χ1) is 13.0. The third kappa shape index (κ3) is 5.57. The van der Waals surface area contributed by atoms with Crippen molar-refractivity contribution in [3.63, 3.8) is 0 Å². The van der Waals surface area contributed by atoms with E-state index in [0.717, 1.165) is 30.5 Å². The molecular weight excluding hydrogens is 382 g/mol. The van der Waals surface area contributed by atoms with E-state index in [9.17, 15) is 13.2 Å². The number of benzene rings is 1. The van der Waals surface area contributed by atoms with E-state index in [1.54, 1.807) is 13.0 Å². The maximum atomic E-state index is 13.9. The van der Waals surface area contributed by atoms with Crippen molar-refractivity contribution in [2.75, 3.05) is 0 Å². The largest absolute Gasteiger partial charge is 0.418 e. The first-order valence-electron chi connectivity index (χ1n) is 10.1. The Labute approximate surface area is 169 Å². The van der Waals surface area contributed by atoms with Gasteiger partial charge in [-0.2, -0.15) is 13.2 Å². The monoisotopic (exact) mass is 415 g/mol. The zero-order valence-corrected chi connectivity index (χ0v) is 18.9. The predicted octanol–water partition coefficient (Wildman–Crippen LogP) is 7.49. The Morgan fingerprint density at radius 1 is 1.25 bits per heavy atom. The average molecular weight is 415 g/mol. The van der Waals surface area contributed by atoms with Crippen LogP contribution in [0.25, 0.3) is 0 Å². The van der Waals surface area contributed by atoms with Crippen molar-refractivity contribution in [3.05, 3.63) is 28.8 Å². The van der Waals surface area contributed by atoms with Crippen LogP contribution >= 0.6 is 9.24 Å². The Hall–Kier alpha value is -0.930. The minimum absolute atomic E-state index is 0.0361. The van der Waals surface area contributed by atoms with Crippen LogP contribution in [0, 0.1) is 18.8 Å². The van der Waals surface area contributed by atoms with Crippen LogP contribution in [0.3, 0.4) is 0 Å². The molecule has 0 aliphatic heterocycles. The summed E-state index contributed by atoms with van der Waals surface area (Å²) >= 11 is 0. The summed E-state index contributed by atoms with van der Waals surface area (Å²) in [5.41, 5.74) is 3.48. The Bertz CT molecular complexity index is 710. The predicted molar refractivity (Wildman–Crippen MR) is 114 cm³/mol. The maximum Gasteiger partial charge on any atom is 0.418 e. The van der Waals surface area contributed by atoms with E-state index >= 15 is 0 Å². The molecule has 2 rings (SSSR count). The number of hydrogen-bond acceptors (Lipinski definition) is 2. The lowest BCUT2D eigenvalue weighted by Gasteiger charge is -2.28. The molecule has 158 valence electrons. The molecule has 6 heteroatoms. The molecule has 4 atom stereocenters. The number of aliphatic imine (C=N–C) groups is 1. The van der Waals surface area contributed by atoms with E-state index in [4.69, 9.17) is 9.73 Å². The summed E-state index contributed by atoms with van der Waals surface area (Å²) in [6, 6.07) is 3.43. The number of alkyl halides is 3. The summed E-state index contributed by atoms with van der Waals surface area (Å²) in [6.45, 7) is 11.6. The molecule has 0 heterocycles. The fourth-order valence-corrected chi connectivity index (χ4v) is 3.27.